The van der Waals surface area contributed by atoms with Crippen LogP contribution in [0.1, 0.15) is 50.8 Å². The fourth-order valence-corrected chi connectivity index (χ4v) is 5.20. The van der Waals surface area contributed by atoms with Crippen molar-refractivity contribution < 1.29 is 11.0 Å². The minimum absolute atomic E-state index is 0.0584. The molecule has 2 aliphatic heterocycles. The summed E-state index contributed by atoms with van der Waals surface area (Å²) in [7, 11) is 2.20. The van der Waals surface area contributed by atoms with Crippen LogP contribution >= 0.6 is 0 Å². The maximum atomic E-state index is 13.2. The van der Waals surface area contributed by atoms with Crippen LogP contribution in [0.2, 0.25) is 0 Å². The molecule has 4 rings (SSSR count). The molecule has 0 saturated carbocycles. The fraction of sp³-hybridized carbons (Fsp3) is 0.600. The number of amides is 2. The molecule has 2 saturated heterocycles. The number of carbonyl (C=O) groups excluding carboxylic acids is 2. The Hall–Kier alpha value is -2.34. The van der Waals surface area contributed by atoms with Crippen LogP contribution in [0, 0.1) is 11.8 Å². The minimum atomic E-state index is -0.121. The van der Waals surface area contributed by atoms with Crippen molar-refractivity contribution in [2.45, 2.75) is 39.0 Å². The molecule has 0 bridgehead atoms. The predicted molar refractivity (Wildman–Crippen MR) is 124 cm³/mol. The number of aromatic nitrogens is 1. The summed E-state index contributed by atoms with van der Waals surface area (Å²) in [4.78, 5) is 35.3. The Morgan fingerprint density at radius 3 is 2.45 bits per heavy atom. The summed E-state index contributed by atoms with van der Waals surface area (Å²) in [5.41, 5.74) is 1.33. The molecule has 1 N–H and O–H groups in total. The molecule has 0 unspecified atom stereocenters. The lowest BCUT2D eigenvalue weighted by atomic mass is 9.79. The second kappa shape index (κ2) is 9.86. The van der Waals surface area contributed by atoms with Crippen molar-refractivity contribution in [2.75, 3.05) is 46.3 Å². The Morgan fingerprint density at radius 2 is 1.77 bits per heavy atom. The average molecular weight is 426 g/mol. The maximum absolute atomic E-state index is 13.2. The van der Waals surface area contributed by atoms with Crippen molar-refractivity contribution in [2.24, 2.45) is 11.8 Å². The summed E-state index contributed by atoms with van der Waals surface area (Å²) < 4.78 is 7.74. The molecule has 1 aromatic heterocycles. The van der Waals surface area contributed by atoms with E-state index in [0.29, 0.717) is 18.3 Å². The highest BCUT2D eigenvalue weighted by Gasteiger charge is 2.31. The summed E-state index contributed by atoms with van der Waals surface area (Å²) in [6, 6.07) is 7.18. The predicted octanol–water partition coefficient (Wildman–Crippen LogP) is 3.60. The molecule has 31 heavy (non-hydrogen) atoms. The van der Waals surface area contributed by atoms with Crippen molar-refractivity contribution in [1.82, 2.24) is 19.7 Å². The topological polar surface area (TPSA) is 59.7 Å². The Morgan fingerprint density at radius 1 is 1.10 bits per heavy atom. The molecule has 2 fully saturated rings. The molecule has 0 aliphatic carbocycles. The first-order valence-corrected chi connectivity index (χ1v) is 11.8. The van der Waals surface area contributed by atoms with Crippen LogP contribution in [0.5, 0.6) is 0 Å². The van der Waals surface area contributed by atoms with Crippen molar-refractivity contribution in [3.8, 4) is 0 Å². The van der Waals surface area contributed by atoms with Gasteiger partial charge in [0.2, 0.25) is 5.91 Å². The van der Waals surface area contributed by atoms with E-state index in [9.17, 15) is 9.59 Å². The number of carbonyl (C=O) groups is 2. The highest BCUT2D eigenvalue weighted by atomic mass is 16.2. The zero-order valence-electron chi connectivity index (χ0n) is 19.9. The molecular formula is C25H36N4O2. The third kappa shape index (κ3) is 5.12. The number of rotatable bonds is 6. The average Bonchev–Trinajstić information content (AvgIpc) is 3.18. The van der Waals surface area contributed by atoms with Gasteiger partial charge in [-0.2, -0.15) is 0 Å². The summed E-state index contributed by atoms with van der Waals surface area (Å²) in [6.07, 6.45) is 5.86. The number of nitrogens with zero attached hydrogens (tertiary/aromatic N) is 3. The van der Waals surface area contributed by atoms with E-state index >= 15 is 0 Å². The molecule has 2 aromatic rings. The standard InChI is InChI=1S/C25H36N4O2/c1-3-12-29(25(31)22-5-4-21-6-11-26-23(21)17-22)18-24(30)28-15-9-20(10-16-28)19-7-13-27(2)14-8-19/h4-6,11,17,19-20,26H,3,7-10,12-16,18H2,1-2H3/i11D. The third-order valence-electron chi connectivity index (χ3n) is 7.16. The lowest BCUT2D eigenvalue weighted by Gasteiger charge is -2.39. The van der Waals surface area contributed by atoms with E-state index in [4.69, 9.17) is 1.37 Å². The van der Waals surface area contributed by atoms with E-state index in [0.717, 1.165) is 55.1 Å². The van der Waals surface area contributed by atoms with E-state index in [2.05, 4.69) is 16.9 Å². The Balaban J connectivity index is 1.35. The zero-order valence-corrected chi connectivity index (χ0v) is 18.9. The largest absolute Gasteiger partial charge is 0.361 e. The SMILES string of the molecule is [2H]c1cc2ccc(C(=O)N(CCC)CC(=O)N3CCC(C4CCN(C)CC4)CC3)cc2[nH]1. The first-order valence-electron chi connectivity index (χ1n) is 12.3. The Labute approximate surface area is 187 Å². The molecule has 3 heterocycles. The second-order valence-electron chi connectivity index (χ2n) is 9.30. The van der Waals surface area contributed by atoms with Crippen LogP contribution in [0.15, 0.2) is 30.4 Å². The molecule has 2 amide bonds. The molecule has 6 nitrogen and oxygen atoms in total. The normalized spacial score (nSPS) is 19.5. The van der Waals surface area contributed by atoms with Gasteiger partial charge in [0.1, 0.15) is 6.54 Å². The number of H-pyrrole nitrogens is 1. The van der Waals surface area contributed by atoms with Crippen molar-refractivity contribution >= 4 is 22.7 Å². The van der Waals surface area contributed by atoms with E-state index < -0.39 is 0 Å². The molecule has 0 radical (unpaired) electrons. The van der Waals surface area contributed by atoms with Crippen LogP contribution in [0.25, 0.3) is 10.9 Å². The number of fused-ring (bicyclic) bond motifs is 1. The van der Waals surface area contributed by atoms with Gasteiger partial charge in [-0.1, -0.05) is 13.0 Å². The van der Waals surface area contributed by atoms with E-state index in [1.165, 1.54) is 25.9 Å². The molecule has 168 valence electrons. The molecule has 6 heteroatoms. The number of hydrogen-bond donors (Lipinski definition) is 1. The van der Waals surface area contributed by atoms with Gasteiger partial charge in [-0.05, 0) is 87.7 Å². The Bertz CT molecular complexity index is 943. The van der Waals surface area contributed by atoms with Gasteiger partial charge in [-0.15, -0.1) is 0 Å². The first kappa shape index (κ1) is 20.6. The van der Waals surface area contributed by atoms with Gasteiger partial charge in [-0.3, -0.25) is 9.59 Å². The van der Waals surface area contributed by atoms with Gasteiger partial charge in [0, 0.05) is 36.9 Å². The quantitative estimate of drug-likeness (QED) is 0.769. The summed E-state index contributed by atoms with van der Waals surface area (Å²) in [6.45, 7) is 6.72. The Kier molecular flexibility index (Phi) is 6.54. The smallest absolute Gasteiger partial charge is 0.254 e. The van der Waals surface area contributed by atoms with Crippen molar-refractivity contribution in [3.05, 3.63) is 36.0 Å². The van der Waals surface area contributed by atoms with Crippen LogP contribution < -0.4 is 0 Å². The monoisotopic (exact) mass is 425 g/mol. The molecule has 2 aliphatic rings. The van der Waals surface area contributed by atoms with Crippen LogP contribution in [0.3, 0.4) is 0 Å². The lowest BCUT2D eigenvalue weighted by Crippen LogP contribution is -2.47. The number of likely N-dealkylation sites (tertiary alicyclic amines) is 2. The number of benzene rings is 1. The second-order valence-corrected chi connectivity index (χ2v) is 9.30. The summed E-state index contributed by atoms with van der Waals surface area (Å²) >= 11 is 0. The van der Waals surface area contributed by atoms with E-state index in [1.807, 2.05) is 17.9 Å². The number of nitrogens with one attached hydrogen (secondary N) is 1. The molecule has 0 spiro atoms. The van der Waals surface area contributed by atoms with E-state index in [-0.39, 0.29) is 18.4 Å². The van der Waals surface area contributed by atoms with Crippen LogP contribution in [-0.4, -0.2) is 77.8 Å². The van der Waals surface area contributed by atoms with Gasteiger partial charge in [0.15, 0.2) is 0 Å². The van der Waals surface area contributed by atoms with Crippen LogP contribution in [-0.2, 0) is 4.79 Å². The lowest BCUT2D eigenvalue weighted by molar-refractivity contribution is -0.133. The maximum Gasteiger partial charge on any atom is 0.254 e. The van der Waals surface area contributed by atoms with Crippen molar-refractivity contribution in [3.63, 3.8) is 0 Å². The van der Waals surface area contributed by atoms with Crippen molar-refractivity contribution in [1.29, 1.82) is 0 Å². The number of aromatic amines is 1. The fourth-order valence-electron chi connectivity index (χ4n) is 5.20. The van der Waals surface area contributed by atoms with Crippen LogP contribution in [0.4, 0.5) is 0 Å². The van der Waals surface area contributed by atoms with Gasteiger partial charge in [0.05, 0.1) is 1.37 Å². The minimum Gasteiger partial charge on any atom is -0.361 e. The zero-order chi connectivity index (χ0) is 22.7. The third-order valence-corrected chi connectivity index (χ3v) is 7.16. The molecule has 0 atom stereocenters. The van der Waals surface area contributed by atoms with Gasteiger partial charge >= 0.3 is 0 Å². The molecular weight excluding hydrogens is 388 g/mol. The summed E-state index contributed by atoms with van der Waals surface area (Å²) in [5.74, 6) is 1.47. The molecule has 1 aromatic carbocycles. The van der Waals surface area contributed by atoms with Gasteiger partial charge in [-0.25, -0.2) is 0 Å². The van der Waals surface area contributed by atoms with Gasteiger partial charge in [0.25, 0.3) is 5.91 Å². The van der Waals surface area contributed by atoms with E-state index in [1.54, 1.807) is 23.1 Å². The van der Waals surface area contributed by atoms with Gasteiger partial charge < -0.3 is 19.7 Å². The highest BCUT2D eigenvalue weighted by Crippen LogP contribution is 2.32. The summed E-state index contributed by atoms with van der Waals surface area (Å²) in [5, 5.41) is 0.914. The highest BCUT2D eigenvalue weighted by molar-refractivity contribution is 5.99. The number of piperidine rings is 2. The number of hydrogen-bond acceptors (Lipinski definition) is 3. The first-order chi connectivity index (χ1) is 15.4.